The highest BCUT2D eigenvalue weighted by molar-refractivity contribution is 7.47. The molecule has 3 unspecified atom stereocenters. The van der Waals surface area contributed by atoms with E-state index in [-0.39, 0.29) is 19.1 Å². The first-order chi connectivity index (χ1) is 37.0. The van der Waals surface area contributed by atoms with Gasteiger partial charge in [0.15, 0.2) is 0 Å². The highest BCUT2D eigenvalue weighted by Crippen LogP contribution is 2.43. The molecule has 76 heavy (non-hydrogen) atoms. The first-order valence-electron chi connectivity index (χ1n) is 34.1. The van der Waals surface area contributed by atoms with Gasteiger partial charge in [0.25, 0.3) is 0 Å². The maximum Gasteiger partial charge on any atom is 0.472 e. The molecule has 0 aliphatic rings. The van der Waals surface area contributed by atoms with Gasteiger partial charge in [-0.3, -0.25) is 13.8 Å². The number of quaternary nitrogens is 1. The van der Waals surface area contributed by atoms with Crippen LogP contribution in [0.2, 0.25) is 0 Å². The van der Waals surface area contributed by atoms with Gasteiger partial charge in [-0.15, -0.1) is 0 Å². The predicted octanol–water partition coefficient (Wildman–Crippen LogP) is 21.3. The Morgan fingerprint density at radius 2 is 0.711 bits per heavy atom. The van der Waals surface area contributed by atoms with Crippen molar-refractivity contribution in [1.29, 1.82) is 0 Å². The van der Waals surface area contributed by atoms with E-state index in [4.69, 9.17) is 9.05 Å². The smallest absolute Gasteiger partial charge is 0.391 e. The van der Waals surface area contributed by atoms with Gasteiger partial charge >= 0.3 is 7.82 Å². The fourth-order valence-corrected chi connectivity index (χ4v) is 11.4. The lowest BCUT2D eigenvalue weighted by molar-refractivity contribution is -0.870. The van der Waals surface area contributed by atoms with Crippen molar-refractivity contribution in [2.75, 3.05) is 40.9 Å². The van der Waals surface area contributed by atoms with Crippen molar-refractivity contribution in [3.8, 4) is 0 Å². The van der Waals surface area contributed by atoms with E-state index in [1.54, 1.807) is 0 Å². The number of nitrogens with one attached hydrogen (secondary N) is 1. The Bertz CT molecular complexity index is 1240. The van der Waals surface area contributed by atoms with E-state index in [2.05, 4.69) is 31.3 Å². The number of allylic oxidation sites excluding steroid dienone is 2. The number of phosphoric acid groups is 1. The maximum atomic E-state index is 13.0. The average Bonchev–Trinajstić information content (AvgIpc) is 3.38. The van der Waals surface area contributed by atoms with Crippen molar-refractivity contribution in [3.63, 3.8) is 0 Å². The number of nitrogens with zero attached hydrogens (tertiary/aromatic N) is 1. The van der Waals surface area contributed by atoms with Crippen molar-refractivity contribution >= 4 is 13.7 Å². The van der Waals surface area contributed by atoms with Crippen LogP contribution in [0.15, 0.2) is 12.2 Å². The summed E-state index contributed by atoms with van der Waals surface area (Å²) in [5, 5.41) is 14.1. The largest absolute Gasteiger partial charge is 0.472 e. The van der Waals surface area contributed by atoms with E-state index in [0.717, 1.165) is 38.5 Å². The molecule has 0 heterocycles. The van der Waals surface area contributed by atoms with Crippen LogP contribution in [0.1, 0.15) is 361 Å². The number of aliphatic hydroxyl groups excluding tert-OH is 1. The molecule has 3 N–H and O–H groups in total. The lowest BCUT2D eigenvalue weighted by atomic mass is 10.0. The molecule has 0 radical (unpaired) electrons. The lowest BCUT2D eigenvalue weighted by Gasteiger charge is -2.26. The normalized spacial score (nSPS) is 13.7. The molecule has 454 valence electrons. The summed E-state index contributed by atoms with van der Waals surface area (Å²) in [5.74, 6) is -0.136. The fraction of sp³-hybridized carbons (Fsp3) is 0.955. The molecule has 1 amide bonds. The average molecular weight is 1100 g/mol. The minimum atomic E-state index is -4.32. The molecule has 0 fully saturated rings. The number of amides is 1. The topological polar surface area (TPSA) is 105 Å². The van der Waals surface area contributed by atoms with E-state index in [1.165, 1.54) is 295 Å². The van der Waals surface area contributed by atoms with Crippen molar-refractivity contribution in [2.24, 2.45) is 0 Å². The number of likely N-dealkylation sites (N-methyl/N-ethyl adjacent to an activating group) is 1. The molecule has 8 nitrogen and oxygen atoms in total. The number of phosphoric ester groups is 1. The Hall–Kier alpha value is -0.760. The molecular weight excluding hydrogens is 960 g/mol. The Kier molecular flexibility index (Phi) is 58.3. The van der Waals surface area contributed by atoms with Gasteiger partial charge in [-0.2, -0.15) is 0 Å². The van der Waals surface area contributed by atoms with Gasteiger partial charge in [0.05, 0.1) is 39.9 Å². The minimum absolute atomic E-state index is 0.0781. The van der Waals surface area contributed by atoms with Gasteiger partial charge in [-0.05, 0) is 38.5 Å². The zero-order chi connectivity index (χ0) is 55.6. The van der Waals surface area contributed by atoms with E-state index in [1.807, 2.05) is 21.1 Å². The lowest BCUT2D eigenvalue weighted by Crippen LogP contribution is -2.46. The molecule has 0 aromatic heterocycles. The van der Waals surface area contributed by atoms with Crippen LogP contribution < -0.4 is 5.32 Å². The van der Waals surface area contributed by atoms with Crippen LogP contribution in [0, 0.1) is 0 Å². The number of hydrogen-bond acceptors (Lipinski definition) is 5. The first-order valence-corrected chi connectivity index (χ1v) is 35.5. The van der Waals surface area contributed by atoms with Crippen LogP contribution in [0.4, 0.5) is 0 Å². The Balaban J connectivity index is 3.94. The van der Waals surface area contributed by atoms with Crippen LogP contribution in [-0.4, -0.2) is 73.4 Å². The number of aliphatic hydroxyl groups is 1. The van der Waals surface area contributed by atoms with Gasteiger partial charge in [-0.1, -0.05) is 328 Å². The van der Waals surface area contributed by atoms with Gasteiger partial charge in [0.1, 0.15) is 13.2 Å². The summed E-state index contributed by atoms with van der Waals surface area (Å²) in [6.07, 6.45) is 74.6. The van der Waals surface area contributed by atoms with Gasteiger partial charge in [-0.25, -0.2) is 4.57 Å². The molecule has 3 atom stereocenters. The summed E-state index contributed by atoms with van der Waals surface area (Å²) in [6, 6.07) is -0.758. The Morgan fingerprint density at radius 1 is 0.434 bits per heavy atom. The molecule has 9 heteroatoms. The van der Waals surface area contributed by atoms with Crippen molar-refractivity contribution < 1.29 is 32.9 Å². The van der Waals surface area contributed by atoms with E-state index >= 15 is 0 Å². The van der Waals surface area contributed by atoms with Gasteiger partial charge in [0, 0.05) is 6.42 Å². The van der Waals surface area contributed by atoms with Crippen molar-refractivity contribution in [2.45, 2.75) is 373 Å². The van der Waals surface area contributed by atoms with E-state index in [9.17, 15) is 19.4 Å². The summed E-state index contributed by atoms with van der Waals surface area (Å²) >= 11 is 0. The molecule has 0 aliphatic carbocycles. The van der Waals surface area contributed by atoms with Crippen LogP contribution >= 0.6 is 7.82 Å². The van der Waals surface area contributed by atoms with Gasteiger partial charge < -0.3 is 19.8 Å². The molecule has 0 aliphatic heterocycles. The van der Waals surface area contributed by atoms with Crippen molar-refractivity contribution in [3.05, 3.63) is 12.2 Å². The second kappa shape index (κ2) is 58.9. The maximum absolute atomic E-state index is 13.0. The zero-order valence-electron chi connectivity index (χ0n) is 52.0. The fourth-order valence-electron chi connectivity index (χ4n) is 10.7. The molecule has 0 saturated heterocycles. The monoisotopic (exact) mass is 1100 g/mol. The number of carbonyl (C=O) groups is 1. The molecule has 0 rings (SSSR count). The number of unbranched alkanes of at least 4 members (excludes halogenated alkanes) is 49. The standard InChI is InChI=1S/C67H135N2O6P/c1-6-8-10-12-14-16-18-20-22-24-26-27-28-29-30-31-32-33-34-35-36-37-38-39-40-41-43-45-47-49-51-53-55-57-59-61-67(71)68-65(64-75-76(72,73)74-63-62-69(3,4)5)66(70)60-58-56-54-52-50-48-46-44-42-25-23-21-19-17-15-13-11-9-7-2/h31-32,65-66,70H,6-30,33-64H2,1-5H3,(H-,68,71,72,73)/p+1/b32-31-. The zero-order valence-corrected chi connectivity index (χ0v) is 52.9. The first kappa shape index (κ1) is 75.2. The summed E-state index contributed by atoms with van der Waals surface area (Å²) in [4.78, 5) is 23.4. The number of hydrogen-bond donors (Lipinski definition) is 3. The number of rotatable bonds is 64. The third-order valence-corrected chi connectivity index (χ3v) is 17.0. The second-order valence-corrected chi connectivity index (χ2v) is 26.4. The molecule has 0 aromatic rings. The van der Waals surface area contributed by atoms with Crippen LogP contribution in [0.25, 0.3) is 0 Å². The predicted molar refractivity (Wildman–Crippen MR) is 332 cm³/mol. The summed E-state index contributed by atoms with van der Waals surface area (Å²) in [7, 11) is 1.64. The highest BCUT2D eigenvalue weighted by Gasteiger charge is 2.28. The molecule has 0 bridgehead atoms. The molecule has 0 saturated carbocycles. The third-order valence-electron chi connectivity index (χ3n) is 16.0. The Morgan fingerprint density at radius 3 is 1.01 bits per heavy atom. The SMILES string of the molecule is CCCCCCCCCCCCCCCC/C=C\CCCCCCCCCCCCCCCCCCCC(=O)NC(COP(=O)(O)OCC[N+](C)(C)C)C(O)CCCCCCCCCCCCCCCCCCCCC. The third kappa shape index (κ3) is 60.9. The molecule has 0 spiro atoms. The quantitative estimate of drug-likeness (QED) is 0.0243. The minimum Gasteiger partial charge on any atom is -0.391 e. The van der Waals surface area contributed by atoms with Gasteiger partial charge in [0.2, 0.25) is 5.91 Å². The summed E-state index contributed by atoms with van der Waals surface area (Å²) < 4.78 is 23.9. The van der Waals surface area contributed by atoms with Crippen LogP contribution in [0.5, 0.6) is 0 Å². The highest BCUT2D eigenvalue weighted by atomic mass is 31.2. The van der Waals surface area contributed by atoms with E-state index in [0.29, 0.717) is 23.9 Å². The summed E-state index contributed by atoms with van der Waals surface area (Å²) in [6.45, 7) is 4.95. The Labute approximate surface area is 475 Å². The van der Waals surface area contributed by atoms with E-state index < -0.39 is 20.0 Å². The van der Waals surface area contributed by atoms with Crippen LogP contribution in [-0.2, 0) is 18.4 Å². The van der Waals surface area contributed by atoms with Crippen LogP contribution in [0.3, 0.4) is 0 Å². The molecule has 0 aromatic carbocycles. The van der Waals surface area contributed by atoms with Crippen molar-refractivity contribution in [1.82, 2.24) is 5.32 Å². The second-order valence-electron chi connectivity index (χ2n) is 24.9. The number of carbonyl (C=O) groups excluding carboxylic acids is 1. The molecular formula is C67H136N2O6P+. The summed E-state index contributed by atoms with van der Waals surface area (Å²) in [5.41, 5.74) is 0.